The number of pyridine rings is 1. The van der Waals surface area contributed by atoms with Crippen LogP contribution in [0.2, 0.25) is 5.02 Å². The Kier molecular flexibility index (Phi) is 3.98. The molecule has 4 rings (SSSR count). The maximum atomic E-state index is 12.5. The Bertz CT molecular complexity index is 1300. The van der Waals surface area contributed by atoms with Gasteiger partial charge in [0.2, 0.25) is 5.89 Å². The highest BCUT2D eigenvalue weighted by Gasteiger charge is 2.22. The van der Waals surface area contributed by atoms with Gasteiger partial charge in [-0.15, -0.1) is 4.68 Å². The first-order chi connectivity index (χ1) is 13.0. The summed E-state index contributed by atoms with van der Waals surface area (Å²) in [7, 11) is 0. The van der Waals surface area contributed by atoms with Gasteiger partial charge in [0.1, 0.15) is 5.69 Å². The second-order valence-electron chi connectivity index (χ2n) is 6.00. The maximum Gasteiger partial charge on any atom is 0.347 e. The van der Waals surface area contributed by atoms with E-state index in [1.165, 1.54) is 10.7 Å². The second kappa shape index (κ2) is 6.34. The molecule has 0 spiro atoms. The summed E-state index contributed by atoms with van der Waals surface area (Å²) in [5.41, 5.74) is 2.15. The van der Waals surface area contributed by atoms with E-state index in [9.17, 15) is 4.79 Å². The molecule has 0 N–H and O–H groups in total. The van der Waals surface area contributed by atoms with E-state index in [0.717, 1.165) is 11.1 Å². The predicted molar refractivity (Wildman–Crippen MR) is 101 cm³/mol. The number of benzene rings is 1. The van der Waals surface area contributed by atoms with Crippen molar-refractivity contribution in [1.29, 1.82) is 0 Å². The number of halogens is 1. The summed E-state index contributed by atoms with van der Waals surface area (Å²) in [5.74, 6) is 0.467. The summed E-state index contributed by atoms with van der Waals surface area (Å²) in [6.07, 6.45) is 1.56. The van der Waals surface area contributed by atoms with Crippen molar-refractivity contribution in [3.63, 3.8) is 0 Å². The van der Waals surface area contributed by atoms with Crippen LogP contribution >= 0.6 is 11.6 Å². The maximum absolute atomic E-state index is 12.5. The number of rotatable bonds is 2. The third-order valence-electron chi connectivity index (χ3n) is 4.04. The lowest BCUT2D eigenvalue weighted by atomic mass is 10.1. The van der Waals surface area contributed by atoms with Crippen LogP contribution in [-0.4, -0.2) is 19.7 Å². The third kappa shape index (κ3) is 2.86. The summed E-state index contributed by atoms with van der Waals surface area (Å²) in [6.45, 7) is 11.0. The lowest BCUT2D eigenvalue weighted by molar-refractivity contribution is 0.513. The number of fused-ring (bicyclic) bond motifs is 1. The van der Waals surface area contributed by atoms with E-state index >= 15 is 0 Å². The van der Waals surface area contributed by atoms with Gasteiger partial charge in [0.15, 0.2) is 5.82 Å². The minimum atomic E-state index is -0.508. The summed E-state index contributed by atoms with van der Waals surface area (Å²) < 4.78 is 6.80. The largest absolute Gasteiger partial charge is 0.401 e. The van der Waals surface area contributed by atoms with Crippen LogP contribution in [0, 0.1) is 20.4 Å². The van der Waals surface area contributed by atoms with E-state index in [4.69, 9.17) is 22.6 Å². The zero-order valence-electron chi connectivity index (χ0n) is 14.4. The van der Waals surface area contributed by atoms with Crippen LogP contribution in [0.3, 0.4) is 0 Å². The third-order valence-corrected chi connectivity index (χ3v) is 4.33. The molecular formula is C19H12ClN5O2. The molecule has 0 amide bonds. The van der Waals surface area contributed by atoms with Crippen molar-refractivity contribution in [2.75, 3.05) is 0 Å². The Hall–Kier alpha value is -3.50. The average molecular weight is 378 g/mol. The normalized spacial score (nSPS) is 10.9. The molecular weight excluding hydrogens is 366 g/mol. The summed E-state index contributed by atoms with van der Waals surface area (Å²) in [5, 5.41) is 4.94. The van der Waals surface area contributed by atoms with Crippen molar-refractivity contribution in [3.05, 3.63) is 74.5 Å². The van der Waals surface area contributed by atoms with Gasteiger partial charge in [0.25, 0.3) is 5.82 Å². The number of hydrogen-bond donors (Lipinski definition) is 0. The number of hydrogen-bond acceptors (Lipinski definition) is 5. The van der Waals surface area contributed by atoms with Crippen molar-refractivity contribution in [3.8, 4) is 17.4 Å². The first-order valence-electron chi connectivity index (χ1n) is 7.99. The Morgan fingerprint density at radius 3 is 2.81 bits per heavy atom. The van der Waals surface area contributed by atoms with Gasteiger partial charge in [-0.2, -0.15) is 0 Å². The first-order valence-corrected chi connectivity index (χ1v) is 8.36. The highest BCUT2D eigenvalue weighted by molar-refractivity contribution is 6.32. The minimum Gasteiger partial charge on any atom is -0.401 e. The van der Waals surface area contributed by atoms with Crippen molar-refractivity contribution in [2.24, 2.45) is 0 Å². The van der Waals surface area contributed by atoms with Crippen LogP contribution in [0.4, 0.5) is 5.82 Å². The van der Waals surface area contributed by atoms with Crippen LogP contribution in [0.15, 0.2) is 45.7 Å². The van der Waals surface area contributed by atoms with Crippen molar-refractivity contribution >= 4 is 28.3 Å². The summed E-state index contributed by atoms with van der Waals surface area (Å²) >= 11 is 6.23. The van der Waals surface area contributed by atoms with E-state index in [0.29, 0.717) is 27.4 Å². The molecule has 0 bridgehead atoms. The van der Waals surface area contributed by atoms with Gasteiger partial charge in [-0.1, -0.05) is 24.2 Å². The van der Waals surface area contributed by atoms with Crippen LogP contribution < -0.4 is 5.63 Å². The van der Waals surface area contributed by atoms with Crippen LogP contribution in [0.25, 0.3) is 33.2 Å². The molecule has 27 heavy (non-hydrogen) atoms. The molecule has 1 aromatic carbocycles. The van der Waals surface area contributed by atoms with Crippen LogP contribution in [0.5, 0.6) is 0 Å². The fourth-order valence-corrected chi connectivity index (χ4v) is 3.11. The molecule has 3 aromatic heterocycles. The standard InChI is InChI=1S/C19H12ClN5O2/c1-10-7-11(2)16-12(8-10)19(26)27-18(23-16)14-9-15(21-3)24-25(14)17-13(20)5-4-6-22-17/h4-9H,1-2H3. The number of aryl methyl sites for hydroxylation is 2. The van der Waals surface area contributed by atoms with E-state index in [1.807, 2.05) is 19.9 Å². The van der Waals surface area contributed by atoms with Crippen LogP contribution in [0.1, 0.15) is 11.1 Å². The van der Waals surface area contributed by atoms with Gasteiger partial charge in [-0.05, 0) is 54.3 Å². The van der Waals surface area contributed by atoms with Crippen molar-refractivity contribution < 1.29 is 4.42 Å². The molecule has 0 saturated carbocycles. The molecule has 0 aliphatic rings. The molecule has 4 aromatic rings. The highest BCUT2D eigenvalue weighted by atomic mass is 35.5. The van der Waals surface area contributed by atoms with Gasteiger partial charge in [-0.25, -0.2) is 14.8 Å². The van der Waals surface area contributed by atoms with Gasteiger partial charge in [-0.3, -0.25) is 0 Å². The Labute approximate surface area is 158 Å². The molecule has 0 aliphatic carbocycles. The molecule has 8 heteroatoms. The van der Waals surface area contributed by atoms with E-state index in [1.54, 1.807) is 24.4 Å². The zero-order chi connectivity index (χ0) is 19.1. The smallest absolute Gasteiger partial charge is 0.347 e. The zero-order valence-corrected chi connectivity index (χ0v) is 15.2. The number of aromatic nitrogens is 4. The molecule has 132 valence electrons. The summed E-state index contributed by atoms with van der Waals surface area (Å²) in [6, 6.07) is 8.51. The molecule has 0 aliphatic heterocycles. The molecule has 0 atom stereocenters. The minimum absolute atomic E-state index is 0.0450. The lowest BCUT2D eigenvalue weighted by Gasteiger charge is -2.06. The fourth-order valence-electron chi connectivity index (χ4n) is 2.91. The number of nitrogens with zero attached hydrogens (tertiary/aromatic N) is 5. The molecule has 3 heterocycles. The summed E-state index contributed by atoms with van der Waals surface area (Å²) in [4.78, 5) is 24.6. The Balaban J connectivity index is 2.03. The van der Waals surface area contributed by atoms with Crippen molar-refractivity contribution in [2.45, 2.75) is 13.8 Å². The van der Waals surface area contributed by atoms with E-state index in [2.05, 4.69) is 19.9 Å². The monoisotopic (exact) mass is 377 g/mol. The predicted octanol–water partition coefficient (Wildman–Crippen LogP) is 4.26. The lowest BCUT2D eigenvalue weighted by Crippen LogP contribution is -2.08. The van der Waals surface area contributed by atoms with E-state index < -0.39 is 5.63 Å². The Morgan fingerprint density at radius 1 is 1.26 bits per heavy atom. The van der Waals surface area contributed by atoms with Crippen molar-refractivity contribution in [1.82, 2.24) is 19.7 Å². The van der Waals surface area contributed by atoms with Gasteiger partial charge >= 0.3 is 5.63 Å². The molecule has 0 fully saturated rings. The Morgan fingerprint density at radius 2 is 2.07 bits per heavy atom. The molecule has 0 radical (unpaired) electrons. The van der Waals surface area contributed by atoms with Gasteiger partial charge < -0.3 is 9.26 Å². The second-order valence-corrected chi connectivity index (χ2v) is 6.41. The molecule has 0 unspecified atom stereocenters. The SMILES string of the molecule is [C-]#[N+]c1cc(-c2nc3c(C)cc(C)cc3c(=O)o2)n(-c2ncccc2Cl)n1. The highest BCUT2D eigenvalue weighted by Crippen LogP contribution is 2.29. The average Bonchev–Trinajstić information content (AvgIpc) is 3.07. The van der Waals surface area contributed by atoms with Gasteiger partial charge in [0, 0.05) is 6.20 Å². The topological polar surface area (TPSA) is 78.2 Å². The molecule has 7 nitrogen and oxygen atoms in total. The van der Waals surface area contributed by atoms with Crippen LogP contribution in [-0.2, 0) is 0 Å². The van der Waals surface area contributed by atoms with Gasteiger partial charge in [0.05, 0.1) is 15.9 Å². The first kappa shape index (κ1) is 16.9. The van der Waals surface area contributed by atoms with E-state index in [-0.39, 0.29) is 11.7 Å². The molecule has 0 saturated heterocycles. The quantitative estimate of drug-likeness (QED) is 0.488. The fraction of sp³-hybridized carbons (Fsp3) is 0.105.